The third kappa shape index (κ3) is 2.02. The maximum Gasteiger partial charge on any atom is -1.00 e. The summed E-state index contributed by atoms with van der Waals surface area (Å²) in [5.74, 6) is 0. The van der Waals surface area contributed by atoms with Gasteiger partial charge in [-0.1, -0.05) is 0 Å². The minimum Gasteiger partial charge on any atom is -1.00 e. The van der Waals surface area contributed by atoms with Crippen LogP contribution in [-0.4, -0.2) is 0 Å². The van der Waals surface area contributed by atoms with Crippen molar-refractivity contribution < 1.29 is 23.2 Å². The molecule has 0 spiro atoms. The van der Waals surface area contributed by atoms with E-state index in [1.54, 1.807) is 6.56 Å². The topological polar surface area (TPSA) is 0 Å². The molecule has 0 unspecified atom stereocenters. The van der Waals surface area contributed by atoms with Gasteiger partial charge in [0.25, 0.3) is 0 Å². The quantitative estimate of drug-likeness (QED) is 0.715. The van der Waals surface area contributed by atoms with E-state index in [9.17, 15) is 0 Å². The van der Waals surface area contributed by atoms with E-state index in [1.807, 2.05) is 0 Å². The molecule has 0 aliphatic heterocycles. The molecule has 0 aromatic heterocycles. The van der Waals surface area contributed by atoms with Gasteiger partial charge in [0, 0.05) is 0 Å². The van der Waals surface area contributed by atoms with Crippen LogP contribution in [-0.2, 0) is 21.8 Å². The van der Waals surface area contributed by atoms with Crippen LogP contribution in [0.2, 0.25) is 4.13 Å². The van der Waals surface area contributed by atoms with E-state index in [0.717, 1.165) is 0 Å². The van der Waals surface area contributed by atoms with Crippen LogP contribution in [0.5, 0.6) is 0 Å². The fourth-order valence-electron chi connectivity index (χ4n) is 2.00. The third-order valence-corrected chi connectivity index (χ3v) is 10.0. The zero-order valence-corrected chi connectivity index (χ0v) is 10.5. The average Bonchev–Trinajstić information content (AvgIpc) is 2.76. The SMILES string of the molecule is C[CH2][Zr+]([C]1=CC=CC1)[C]1=CC=CC1.[H-]. The summed E-state index contributed by atoms with van der Waals surface area (Å²) in [4.78, 5) is 0. The van der Waals surface area contributed by atoms with Crippen LogP contribution in [0.4, 0.5) is 0 Å². The van der Waals surface area contributed by atoms with Crippen LogP contribution in [0.25, 0.3) is 0 Å². The molecule has 68 valence electrons. The third-order valence-electron chi connectivity index (χ3n) is 2.67. The molecule has 0 saturated carbocycles. The van der Waals surface area contributed by atoms with Gasteiger partial charge >= 0.3 is 88.7 Å². The van der Waals surface area contributed by atoms with Gasteiger partial charge in [0.1, 0.15) is 0 Å². The van der Waals surface area contributed by atoms with Crippen molar-refractivity contribution in [2.75, 3.05) is 0 Å². The second kappa shape index (κ2) is 4.37. The first-order valence-corrected chi connectivity index (χ1v) is 9.19. The van der Waals surface area contributed by atoms with Gasteiger partial charge in [0.2, 0.25) is 0 Å². The monoisotopic (exact) mass is 250 g/mol. The zero-order chi connectivity index (χ0) is 9.10. The molecule has 2 aliphatic rings. The number of hydrogen-bond donors (Lipinski definition) is 0. The van der Waals surface area contributed by atoms with Crippen LogP contribution in [0.3, 0.4) is 0 Å². The minimum atomic E-state index is -1.31. The Labute approximate surface area is 89.9 Å². The van der Waals surface area contributed by atoms with Crippen LogP contribution in [0, 0.1) is 0 Å². The standard InChI is InChI=1S/2C5H5.C2H5.Zr.H/c2*1-2-4-5-3-1;1-2;;/h2*1-3H,4H2;1H2,2H3;;/q;;;+1;-1. The Hall–Kier alpha value is -0.157. The molecule has 0 saturated heterocycles. The summed E-state index contributed by atoms with van der Waals surface area (Å²) in [6, 6.07) is 0. The predicted molar refractivity (Wildman–Crippen MR) is 55.3 cm³/mol. The molecule has 0 heterocycles. The van der Waals surface area contributed by atoms with Crippen molar-refractivity contribution in [3.05, 3.63) is 43.0 Å². The van der Waals surface area contributed by atoms with Crippen molar-refractivity contribution >= 4 is 0 Å². The van der Waals surface area contributed by atoms with Gasteiger partial charge in [-0.15, -0.1) is 0 Å². The first kappa shape index (κ1) is 9.40. The number of hydrogen-bond acceptors (Lipinski definition) is 0. The Morgan fingerprint density at radius 3 is 2.00 bits per heavy atom. The number of allylic oxidation sites excluding steroid dienone is 8. The van der Waals surface area contributed by atoms with Gasteiger partial charge in [-0.2, -0.15) is 0 Å². The summed E-state index contributed by atoms with van der Waals surface area (Å²) in [6.07, 6.45) is 16.3. The first-order valence-electron chi connectivity index (χ1n) is 4.99. The smallest absolute Gasteiger partial charge is 1.00 e. The van der Waals surface area contributed by atoms with E-state index in [-0.39, 0.29) is 1.43 Å². The summed E-state index contributed by atoms with van der Waals surface area (Å²) in [7, 11) is 0. The van der Waals surface area contributed by atoms with Crippen LogP contribution < -0.4 is 0 Å². The van der Waals surface area contributed by atoms with Gasteiger partial charge in [0.15, 0.2) is 0 Å². The van der Waals surface area contributed by atoms with E-state index in [4.69, 9.17) is 0 Å². The summed E-state index contributed by atoms with van der Waals surface area (Å²) in [5.41, 5.74) is 0. The average molecular weight is 251 g/mol. The van der Waals surface area contributed by atoms with Crippen LogP contribution in [0.1, 0.15) is 21.2 Å². The molecule has 2 aliphatic carbocycles. The van der Waals surface area contributed by atoms with Crippen molar-refractivity contribution in [3.63, 3.8) is 0 Å². The molecule has 2 rings (SSSR count). The second-order valence-electron chi connectivity index (χ2n) is 3.48. The normalized spacial score (nSPS) is 19.2. The van der Waals surface area contributed by atoms with Crippen molar-refractivity contribution in [3.8, 4) is 0 Å². The van der Waals surface area contributed by atoms with Gasteiger partial charge < -0.3 is 1.43 Å². The Bertz CT molecular complexity index is 280. The van der Waals surface area contributed by atoms with E-state index in [1.165, 1.54) is 17.0 Å². The molecule has 0 fully saturated rings. The Morgan fingerprint density at radius 1 is 1.15 bits per heavy atom. The first-order chi connectivity index (χ1) is 6.42. The zero-order valence-electron chi connectivity index (χ0n) is 9.09. The van der Waals surface area contributed by atoms with Crippen molar-refractivity contribution in [1.82, 2.24) is 0 Å². The molecule has 0 nitrogen and oxygen atoms in total. The van der Waals surface area contributed by atoms with Crippen molar-refractivity contribution in [1.29, 1.82) is 0 Å². The predicted octanol–water partition coefficient (Wildman–Crippen LogP) is 3.84. The minimum absolute atomic E-state index is 0. The Morgan fingerprint density at radius 2 is 1.69 bits per heavy atom. The van der Waals surface area contributed by atoms with E-state index >= 15 is 0 Å². The van der Waals surface area contributed by atoms with Crippen molar-refractivity contribution in [2.24, 2.45) is 0 Å². The van der Waals surface area contributed by atoms with Gasteiger partial charge in [-0.25, -0.2) is 0 Å². The fourth-order valence-corrected chi connectivity index (χ4v) is 8.50. The second-order valence-corrected chi connectivity index (χ2v) is 10.7. The molecule has 13 heavy (non-hydrogen) atoms. The van der Waals surface area contributed by atoms with Gasteiger partial charge in [0.05, 0.1) is 0 Å². The van der Waals surface area contributed by atoms with Crippen molar-refractivity contribution in [2.45, 2.75) is 23.9 Å². The molecule has 1 heteroatoms. The summed E-state index contributed by atoms with van der Waals surface area (Å²) >= 11 is -1.31. The molecule has 0 N–H and O–H groups in total. The van der Waals surface area contributed by atoms with Gasteiger partial charge in [-0.3, -0.25) is 0 Å². The summed E-state index contributed by atoms with van der Waals surface area (Å²) < 4.78 is 5.02. The molecular formula is C12H16Zr. The van der Waals surface area contributed by atoms with E-state index in [2.05, 4.69) is 43.4 Å². The molecule has 0 amide bonds. The summed E-state index contributed by atoms with van der Waals surface area (Å²) in [6.45, 7) is 2.37. The van der Waals surface area contributed by atoms with E-state index in [0.29, 0.717) is 0 Å². The van der Waals surface area contributed by atoms with Crippen LogP contribution in [0.15, 0.2) is 43.0 Å². The largest absolute Gasteiger partial charge is 1.00 e. The van der Waals surface area contributed by atoms with E-state index < -0.39 is 21.8 Å². The molecule has 0 atom stereocenters. The summed E-state index contributed by atoms with van der Waals surface area (Å²) in [5, 5.41) is 0. The molecule has 0 aromatic carbocycles. The van der Waals surface area contributed by atoms with Crippen LogP contribution >= 0.6 is 0 Å². The molecule has 0 radical (unpaired) electrons. The Balaban J connectivity index is 0.000000980. The van der Waals surface area contributed by atoms with Gasteiger partial charge in [-0.05, 0) is 0 Å². The molecule has 0 aromatic rings. The Kier molecular flexibility index (Phi) is 3.16. The fraction of sp³-hybridized carbons (Fsp3) is 0.333. The maximum atomic E-state index is 2.37. The number of rotatable bonds is 3. The molecule has 0 bridgehead atoms. The maximum absolute atomic E-state index is 2.37. The molecular weight excluding hydrogens is 235 g/mol.